The molecule has 0 aliphatic carbocycles. The van der Waals surface area contributed by atoms with Crippen molar-refractivity contribution in [3.8, 4) is 0 Å². The van der Waals surface area contributed by atoms with E-state index in [1.165, 1.54) is 11.2 Å². The Balaban J connectivity index is 1.96. The Morgan fingerprint density at radius 1 is 1.29 bits per heavy atom. The molecule has 1 aliphatic rings. The number of nitrogens with one attached hydrogen (secondary N) is 1. The summed E-state index contributed by atoms with van der Waals surface area (Å²) in [6.07, 6.45) is -1.46. The monoisotopic (exact) mass is 342 g/mol. The molecule has 0 bridgehead atoms. The number of carbonyl (C=O) groups excluding carboxylic acids is 1. The zero-order valence-corrected chi connectivity index (χ0v) is 12.5. The normalized spacial score (nSPS) is 18.7. The molecule has 128 valence electrons. The predicted molar refractivity (Wildman–Crippen MR) is 75.4 cm³/mol. The van der Waals surface area contributed by atoms with E-state index in [0.29, 0.717) is 31.3 Å². The van der Waals surface area contributed by atoms with Crippen molar-refractivity contribution in [2.75, 3.05) is 6.54 Å². The van der Waals surface area contributed by atoms with Gasteiger partial charge in [-0.2, -0.15) is 18.3 Å². The van der Waals surface area contributed by atoms with Gasteiger partial charge < -0.3 is 4.90 Å². The molecular formula is C15H14F4N4O. The molecule has 0 saturated carbocycles. The van der Waals surface area contributed by atoms with Crippen molar-refractivity contribution < 1.29 is 22.4 Å². The van der Waals surface area contributed by atoms with E-state index in [4.69, 9.17) is 0 Å². The number of rotatable bonds is 2. The number of amides is 1. The molecule has 3 rings (SSSR count). The molecule has 1 aliphatic heterocycles. The van der Waals surface area contributed by atoms with Gasteiger partial charge in [0.2, 0.25) is 0 Å². The molecule has 1 aromatic carbocycles. The Bertz CT molecular complexity index is 730. The molecule has 1 saturated heterocycles. The van der Waals surface area contributed by atoms with E-state index in [1.807, 2.05) is 0 Å². The Hall–Kier alpha value is -2.45. The second kappa shape index (κ2) is 6.21. The quantitative estimate of drug-likeness (QED) is 0.852. The Labute approximate surface area is 134 Å². The van der Waals surface area contributed by atoms with E-state index >= 15 is 0 Å². The number of hydrogen-bond acceptors (Lipinski definition) is 3. The first-order valence-corrected chi connectivity index (χ1v) is 7.41. The van der Waals surface area contributed by atoms with Crippen LogP contribution in [0.4, 0.5) is 17.6 Å². The van der Waals surface area contributed by atoms with Crippen LogP contribution in [0.15, 0.2) is 24.5 Å². The Morgan fingerprint density at radius 2 is 2.08 bits per heavy atom. The van der Waals surface area contributed by atoms with Crippen LogP contribution in [0.25, 0.3) is 0 Å². The van der Waals surface area contributed by atoms with Gasteiger partial charge in [0.1, 0.15) is 18.0 Å². The maximum Gasteiger partial charge on any atom is 0.419 e. The zero-order chi connectivity index (χ0) is 17.3. The van der Waals surface area contributed by atoms with Crippen molar-refractivity contribution in [2.24, 2.45) is 0 Å². The predicted octanol–water partition coefficient (Wildman–Crippen LogP) is 3.33. The van der Waals surface area contributed by atoms with E-state index in [2.05, 4.69) is 15.2 Å². The minimum absolute atomic E-state index is 0.319. The number of likely N-dealkylation sites (tertiary alicyclic amines) is 1. The maximum atomic E-state index is 14.2. The molecule has 2 heterocycles. The lowest BCUT2D eigenvalue weighted by molar-refractivity contribution is -0.140. The number of piperidine rings is 1. The first-order chi connectivity index (χ1) is 11.4. The topological polar surface area (TPSA) is 61.9 Å². The van der Waals surface area contributed by atoms with E-state index in [-0.39, 0.29) is 0 Å². The Kier molecular flexibility index (Phi) is 4.25. The van der Waals surface area contributed by atoms with E-state index in [1.54, 1.807) is 0 Å². The number of hydrogen-bond donors (Lipinski definition) is 1. The van der Waals surface area contributed by atoms with Crippen LogP contribution < -0.4 is 0 Å². The summed E-state index contributed by atoms with van der Waals surface area (Å²) >= 11 is 0. The number of carbonyl (C=O) groups is 1. The van der Waals surface area contributed by atoms with Gasteiger partial charge in [0.15, 0.2) is 0 Å². The van der Waals surface area contributed by atoms with Gasteiger partial charge in [-0.05, 0) is 31.4 Å². The summed E-state index contributed by atoms with van der Waals surface area (Å²) in [6, 6.07) is 2.27. The standard InChI is InChI=1S/C15H14F4N4O/c16-12-9(4-3-5-10(12)15(17,18)19)14(24)23-7-2-1-6-11(23)13-20-8-21-22-13/h3-5,8,11H,1-2,6-7H2,(H,20,21,22). The van der Waals surface area contributed by atoms with Crippen LogP contribution in [0.1, 0.15) is 47.1 Å². The lowest BCUT2D eigenvalue weighted by Gasteiger charge is -2.34. The fourth-order valence-corrected chi connectivity index (χ4v) is 2.91. The molecule has 1 fully saturated rings. The molecule has 24 heavy (non-hydrogen) atoms. The van der Waals surface area contributed by atoms with Crippen molar-refractivity contribution in [1.29, 1.82) is 0 Å². The number of alkyl halides is 3. The third-order valence-corrected chi connectivity index (χ3v) is 4.05. The van der Waals surface area contributed by atoms with Crippen LogP contribution in [-0.4, -0.2) is 32.5 Å². The van der Waals surface area contributed by atoms with Crippen LogP contribution in [0, 0.1) is 5.82 Å². The summed E-state index contributed by atoms with van der Waals surface area (Å²) in [4.78, 5) is 18.0. The van der Waals surface area contributed by atoms with Gasteiger partial charge in [0.05, 0.1) is 17.2 Å². The largest absolute Gasteiger partial charge is 0.419 e. The average molecular weight is 342 g/mol. The smallest absolute Gasteiger partial charge is 0.328 e. The average Bonchev–Trinajstić information content (AvgIpc) is 3.07. The zero-order valence-electron chi connectivity index (χ0n) is 12.5. The lowest BCUT2D eigenvalue weighted by Crippen LogP contribution is -2.39. The van der Waals surface area contributed by atoms with Gasteiger partial charge in [0.25, 0.3) is 5.91 Å². The maximum absolute atomic E-state index is 14.2. The first kappa shape index (κ1) is 16.4. The van der Waals surface area contributed by atoms with Gasteiger partial charge >= 0.3 is 6.18 Å². The molecule has 5 nitrogen and oxygen atoms in total. The van der Waals surface area contributed by atoms with Crippen molar-refractivity contribution in [3.05, 3.63) is 47.3 Å². The molecule has 9 heteroatoms. The summed E-state index contributed by atoms with van der Waals surface area (Å²) in [5.74, 6) is -1.88. The molecule has 1 atom stereocenters. The van der Waals surface area contributed by atoms with Gasteiger partial charge in [-0.3, -0.25) is 9.89 Å². The van der Waals surface area contributed by atoms with Gasteiger partial charge in [-0.1, -0.05) is 6.07 Å². The third-order valence-electron chi connectivity index (χ3n) is 4.05. The summed E-state index contributed by atoms with van der Waals surface area (Å²) < 4.78 is 52.8. The van der Waals surface area contributed by atoms with Crippen LogP contribution in [0.2, 0.25) is 0 Å². The van der Waals surface area contributed by atoms with Gasteiger partial charge in [-0.25, -0.2) is 9.37 Å². The molecular weight excluding hydrogens is 328 g/mol. The van der Waals surface area contributed by atoms with E-state index in [0.717, 1.165) is 18.6 Å². The second-order valence-corrected chi connectivity index (χ2v) is 5.55. The van der Waals surface area contributed by atoms with E-state index < -0.39 is 35.1 Å². The fourth-order valence-electron chi connectivity index (χ4n) is 2.91. The Morgan fingerprint density at radius 3 is 2.75 bits per heavy atom. The molecule has 1 amide bonds. The molecule has 0 radical (unpaired) electrons. The molecule has 2 aromatic rings. The number of halogens is 4. The van der Waals surface area contributed by atoms with E-state index in [9.17, 15) is 22.4 Å². The highest BCUT2D eigenvalue weighted by atomic mass is 19.4. The molecule has 1 N–H and O–H groups in total. The summed E-state index contributed by atoms with van der Waals surface area (Å²) in [7, 11) is 0. The van der Waals surface area contributed by atoms with Gasteiger partial charge in [0, 0.05) is 6.54 Å². The number of aromatic amines is 1. The highest BCUT2D eigenvalue weighted by Crippen LogP contribution is 2.34. The minimum Gasteiger partial charge on any atom is -0.328 e. The highest BCUT2D eigenvalue weighted by Gasteiger charge is 2.38. The minimum atomic E-state index is -4.85. The van der Waals surface area contributed by atoms with Crippen LogP contribution >= 0.6 is 0 Å². The van der Waals surface area contributed by atoms with Crippen molar-refractivity contribution in [3.63, 3.8) is 0 Å². The molecule has 1 aromatic heterocycles. The third kappa shape index (κ3) is 2.98. The molecule has 0 spiro atoms. The first-order valence-electron chi connectivity index (χ1n) is 7.41. The summed E-state index contributed by atoms with van der Waals surface area (Å²) in [5, 5.41) is 6.40. The number of benzene rings is 1. The summed E-state index contributed by atoms with van der Waals surface area (Å²) in [5.41, 5.74) is -2.03. The number of aromatic nitrogens is 3. The number of H-pyrrole nitrogens is 1. The molecule has 1 unspecified atom stereocenters. The number of nitrogens with zero attached hydrogens (tertiary/aromatic N) is 3. The van der Waals surface area contributed by atoms with Crippen LogP contribution in [0.3, 0.4) is 0 Å². The van der Waals surface area contributed by atoms with Crippen molar-refractivity contribution in [1.82, 2.24) is 20.1 Å². The SMILES string of the molecule is O=C(c1cccc(C(F)(F)F)c1F)N1CCCCC1c1ncn[nH]1. The van der Waals surface area contributed by atoms with Crippen LogP contribution in [-0.2, 0) is 6.18 Å². The fraction of sp³-hybridized carbons (Fsp3) is 0.400. The second-order valence-electron chi connectivity index (χ2n) is 5.55. The van der Waals surface area contributed by atoms with Crippen molar-refractivity contribution >= 4 is 5.91 Å². The highest BCUT2D eigenvalue weighted by molar-refractivity contribution is 5.95. The summed E-state index contributed by atoms with van der Waals surface area (Å²) in [6.45, 7) is 0.319. The van der Waals surface area contributed by atoms with Crippen molar-refractivity contribution in [2.45, 2.75) is 31.5 Å². The lowest BCUT2D eigenvalue weighted by atomic mass is 9.99. The van der Waals surface area contributed by atoms with Crippen LogP contribution in [0.5, 0.6) is 0 Å². The van der Waals surface area contributed by atoms with Gasteiger partial charge in [-0.15, -0.1) is 0 Å².